The molecule has 1 aromatic rings. The van der Waals surface area contributed by atoms with Gasteiger partial charge in [-0.2, -0.15) is 0 Å². The van der Waals surface area contributed by atoms with Crippen LogP contribution in [0, 0.1) is 0 Å². The van der Waals surface area contributed by atoms with E-state index in [1.54, 1.807) is 6.07 Å². The highest BCUT2D eigenvalue weighted by Gasteiger charge is 2.27. The van der Waals surface area contributed by atoms with Crippen molar-refractivity contribution in [2.75, 3.05) is 32.5 Å². The Kier molecular flexibility index (Phi) is 6.79. The molecule has 0 aliphatic heterocycles. The van der Waals surface area contributed by atoms with Crippen molar-refractivity contribution < 1.29 is 9.59 Å². The Balaban J connectivity index is 2.15. The van der Waals surface area contributed by atoms with Gasteiger partial charge in [0.15, 0.2) is 0 Å². The molecule has 2 amide bonds. The lowest BCUT2D eigenvalue weighted by Crippen LogP contribution is -2.42. The van der Waals surface area contributed by atoms with Crippen LogP contribution in [-0.2, 0) is 4.79 Å². The zero-order valence-corrected chi connectivity index (χ0v) is 15.0. The summed E-state index contributed by atoms with van der Waals surface area (Å²) < 4.78 is 0. The zero-order valence-electron chi connectivity index (χ0n) is 15.0. The van der Waals surface area contributed by atoms with Crippen LogP contribution in [0.25, 0.3) is 0 Å². The maximum Gasteiger partial charge on any atom is 0.254 e. The number of benzene rings is 1. The summed E-state index contributed by atoms with van der Waals surface area (Å²) >= 11 is 0. The Labute approximate surface area is 145 Å². The first-order chi connectivity index (χ1) is 11.5. The number of rotatable bonds is 7. The number of likely N-dealkylation sites (N-methyl/N-ethyl adjacent to an activating group) is 1. The molecule has 1 aromatic carbocycles. The predicted molar refractivity (Wildman–Crippen MR) is 97.2 cm³/mol. The molecule has 24 heavy (non-hydrogen) atoms. The molecule has 1 aliphatic carbocycles. The van der Waals surface area contributed by atoms with Crippen LogP contribution in [0.5, 0.6) is 0 Å². The summed E-state index contributed by atoms with van der Waals surface area (Å²) in [5.41, 5.74) is 1.33. The predicted octanol–water partition coefficient (Wildman–Crippen LogP) is 2.98. The summed E-state index contributed by atoms with van der Waals surface area (Å²) in [4.78, 5) is 28.7. The van der Waals surface area contributed by atoms with Crippen molar-refractivity contribution in [3.63, 3.8) is 0 Å². The van der Waals surface area contributed by atoms with Crippen LogP contribution in [0.3, 0.4) is 0 Å². The lowest BCUT2D eigenvalue weighted by molar-refractivity contribution is -0.115. The molecule has 0 bridgehead atoms. The highest BCUT2D eigenvalue weighted by atomic mass is 16.2. The number of hydrogen-bond acceptors (Lipinski definition) is 3. The molecule has 2 rings (SSSR count). The molecule has 0 atom stereocenters. The number of hydrogen-bond donors (Lipinski definition) is 1. The van der Waals surface area contributed by atoms with E-state index in [-0.39, 0.29) is 11.8 Å². The van der Waals surface area contributed by atoms with Crippen LogP contribution >= 0.6 is 0 Å². The molecule has 5 heteroatoms. The maximum absolute atomic E-state index is 13.0. The molecule has 132 valence electrons. The molecular formula is C19H29N3O2. The van der Waals surface area contributed by atoms with E-state index in [2.05, 4.69) is 10.2 Å². The summed E-state index contributed by atoms with van der Waals surface area (Å²) in [6.45, 7) is 3.41. The van der Waals surface area contributed by atoms with Gasteiger partial charge in [-0.1, -0.05) is 25.8 Å². The Morgan fingerprint density at radius 2 is 1.88 bits per heavy atom. The zero-order chi connectivity index (χ0) is 17.5. The van der Waals surface area contributed by atoms with Crippen molar-refractivity contribution in [3.8, 4) is 0 Å². The summed E-state index contributed by atoms with van der Waals surface area (Å²) in [5, 5.41) is 2.83. The second-order valence-electron chi connectivity index (χ2n) is 6.72. The van der Waals surface area contributed by atoms with E-state index in [0.29, 0.717) is 23.7 Å². The number of anilines is 1. The summed E-state index contributed by atoms with van der Waals surface area (Å²) in [6, 6.07) is 7.61. The molecule has 0 heterocycles. The molecule has 1 aliphatic rings. The number of nitrogens with zero attached hydrogens (tertiary/aromatic N) is 2. The summed E-state index contributed by atoms with van der Waals surface area (Å²) in [6.07, 6.45) is 5.00. The third kappa shape index (κ3) is 5.06. The fourth-order valence-corrected chi connectivity index (χ4v) is 3.12. The van der Waals surface area contributed by atoms with Gasteiger partial charge < -0.3 is 15.1 Å². The van der Waals surface area contributed by atoms with E-state index in [0.717, 1.165) is 25.9 Å². The van der Waals surface area contributed by atoms with Gasteiger partial charge in [0, 0.05) is 36.8 Å². The van der Waals surface area contributed by atoms with Crippen LogP contribution in [-0.4, -0.2) is 54.8 Å². The second-order valence-corrected chi connectivity index (χ2v) is 6.72. The fraction of sp³-hybridized carbons (Fsp3) is 0.579. The van der Waals surface area contributed by atoms with Gasteiger partial charge >= 0.3 is 0 Å². The smallest absolute Gasteiger partial charge is 0.254 e. The van der Waals surface area contributed by atoms with Crippen LogP contribution in [0.15, 0.2) is 24.3 Å². The van der Waals surface area contributed by atoms with E-state index < -0.39 is 0 Å². The number of carbonyl (C=O) groups is 2. The van der Waals surface area contributed by atoms with Crippen LogP contribution in [0.4, 0.5) is 5.69 Å². The van der Waals surface area contributed by atoms with Crippen molar-refractivity contribution in [2.45, 2.75) is 45.1 Å². The number of nitrogens with one attached hydrogen (secondary N) is 1. The van der Waals surface area contributed by atoms with Crippen molar-refractivity contribution >= 4 is 17.5 Å². The SMILES string of the molecule is CCC(=O)Nc1cccc(C(=O)N(CCN(C)C)C2CCCC2)c1. The summed E-state index contributed by atoms with van der Waals surface area (Å²) in [7, 11) is 4.05. The van der Waals surface area contributed by atoms with E-state index >= 15 is 0 Å². The third-order valence-corrected chi connectivity index (χ3v) is 4.53. The van der Waals surface area contributed by atoms with Gasteiger partial charge in [0.1, 0.15) is 0 Å². The molecule has 1 N–H and O–H groups in total. The summed E-state index contributed by atoms with van der Waals surface area (Å²) in [5.74, 6) is 0.0243. The monoisotopic (exact) mass is 331 g/mol. The molecule has 1 saturated carbocycles. The topological polar surface area (TPSA) is 52.7 Å². The maximum atomic E-state index is 13.0. The normalized spacial score (nSPS) is 14.8. The van der Waals surface area contributed by atoms with Gasteiger partial charge in [-0.15, -0.1) is 0 Å². The Morgan fingerprint density at radius 1 is 1.17 bits per heavy atom. The molecule has 0 unspecified atom stereocenters. The molecule has 1 fully saturated rings. The number of amides is 2. The van der Waals surface area contributed by atoms with Gasteiger partial charge in [-0.25, -0.2) is 0 Å². The van der Waals surface area contributed by atoms with Crippen LogP contribution < -0.4 is 5.32 Å². The average Bonchev–Trinajstić information content (AvgIpc) is 3.09. The second kappa shape index (κ2) is 8.83. The van der Waals surface area contributed by atoms with Crippen LogP contribution in [0.2, 0.25) is 0 Å². The van der Waals surface area contributed by atoms with Crippen molar-refractivity contribution in [3.05, 3.63) is 29.8 Å². The van der Waals surface area contributed by atoms with E-state index in [4.69, 9.17) is 0 Å². The van der Waals surface area contributed by atoms with E-state index in [9.17, 15) is 9.59 Å². The molecule has 0 aromatic heterocycles. The highest BCUT2D eigenvalue weighted by molar-refractivity contribution is 5.97. The first-order valence-corrected chi connectivity index (χ1v) is 8.87. The minimum Gasteiger partial charge on any atom is -0.334 e. The van der Waals surface area contributed by atoms with Crippen LogP contribution in [0.1, 0.15) is 49.4 Å². The molecule has 0 spiro atoms. The van der Waals surface area contributed by atoms with Gasteiger partial charge in [-0.3, -0.25) is 9.59 Å². The molecule has 5 nitrogen and oxygen atoms in total. The fourth-order valence-electron chi connectivity index (χ4n) is 3.12. The lowest BCUT2D eigenvalue weighted by atomic mass is 10.1. The van der Waals surface area contributed by atoms with Gasteiger partial charge in [0.25, 0.3) is 5.91 Å². The first-order valence-electron chi connectivity index (χ1n) is 8.87. The van der Waals surface area contributed by atoms with Crippen molar-refractivity contribution in [1.82, 2.24) is 9.80 Å². The van der Waals surface area contributed by atoms with E-state index in [1.165, 1.54) is 12.8 Å². The van der Waals surface area contributed by atoms with E-state index in [1.807, 2.05) is 44.1 Å². The standard InChI is InChI=1S/C19H29N3O2/c1-4-18(23)20-16-9-7-8-15(14-16)19(24)22(13-12-21(2)3)17-10-5-6-11-17/h7-9,14,17H,4-6,10-13H2,1-3H3,(H,20,23). The molecular weight excluding hydrogens is 302 g/mol. The first kappa shape index (κ1) is 18.5. The number of carbonyl (C=O) groups excluding carboxylic acids is 2. The minimum atomic E-state index is -0.0418. The minimum absolute atomic E-state index is 0.0418. The Hall–Kier alpha value is -1.88. The quantitative estimate of drug-likeness (QED) is 0.836. The van der Waals surface area contributed by atoms with Crippen molar-refractivity contribution in [2.24, 2.45) is 0 Å². The van der Waals surface area contributed by atoms with Gasteiger partial charge in [0.2, 0.25) is 5.91 Å². The highest BCUT2D eigenvalue weighted by Crippen LogP contribution is 2.25. The average molecular weight is 331 g/mol. The van der Waals surface area contributed by atoms with Gasteiger partial charge in [0.05, 0.1) is 0 Å². The molecule has 0 radical (unpaired) electrons. The lowest BCUT2D eigenvalue weighted by Gasteiger charge is -2.30. The Bertz CT molecular complexity index is 565. The molecule has 0 saturated heterocycles. The Morgan fingerprint density at radius 3 is 2.50 bits per heavy atom. The third-order valence-electron chi connectivity index (χ3n) is 4.53. The van der Waals surface area contributed by atoms with Crippen molar-refractivity contribution in [1.29, 1.82) is 0 Å². The van der Waals surface area contributed by atoms with Gasteiger partial charge in [-0.05, 0) is 45.1 Å². The largest absolute Gasteiger partial charge is 0.334 e.